The minimum absolute atomic E-state index is 0.157. The van der Waals surface area contributed by atoms with Gasteiger partial charge in [-0.25, -0.2) is 4.98 Å². The van der Waals surface area contributed by atoms with Gasteiger partial charge in [-0.1, -0.05) is 29.5 Å². The maximum absolute atomic E-state index is 12.3. The fourth-order valence-electron chi connectivity index (χ4n) is 2.09. The van der Waals surface area contributed by atoms with Crippen LogP contribution in [0.25, 0.3) is 10.2 Å². The van der Waals surface area contributed by atoms with E-state index in [0.717, 1.165) is 20.3 Å². The molecule has 1 aromatic heterocycles. The number of rotatable bonds is 2. The van der Waals surface area contributed by atoms with Gasteiger partial charge in [0, 0.05) is 4.47 Å². The molecule has 3 aromatic rings. The third kappa shape index (κ3) is 2.71. The zero-order valence-corrected chi connectivity index (χ0v) is 14.0. The van der Waals surface area contributed by atoms with Gasteiger partial charge in [0.1, 0.15) is 0 Å². The minimum atomic E-state index is -0.157. The maximum atomic E-state index is 12.3. The summed E-state index contributed by atoms with van der Waals surface area (Å²) in [4.78, 5) is 16.8. The fourth-order valence-corrected chi connectivity index (χ4v) is 3.47. The average Bonchev–Trinajstić information content (AvgIpc) is 2.87. The normalized spacial score (nSPS) is 10.8. The predicted octanol–water partition coefficient (Wildman–Crippen LogP) is 4.93. The SMILES string of the molecule is Cc1ccc2sc(NC(=O)c3ccccc3Br)nc2c1C. The van der Waals surface area contributed by atoms with Crippen LogP contribution in [0, 0.1) is 13.8 Å². The van der Waals surface area contributed by atoms with Gasteiger partial charge >= 0.3 is 0 Å². The summed E-state index contributed by atoms with van der Waals surface area (Å²) in [6.07, 6.45) is 0. The van der Waals surface area contributed by atoms with Crippen LogP contribution in [0.3, 0.4) is 0 Å². The van der Waals surface area contributed by atoms with Gasteiger partial charge in [-0.15, -0.1) is 0 Å². The Morgan fingerprint density at radius 3 is 2.71 bits per heavy atom. The molecule has 0 aliphatic carbocycles. The molecular weight excluding hydrogens is 348 g/mol. The van der Waals surface area contributed by atoms with Crippen LogP contribution in [0.2, 0.25) is 0 Å². The highest BCUT2D eigenvalue weighted by molar-refractivity contribution is 9.10. The Labute approximate surface area is 135 Å². The fraction of sp³-hybridized carbons (Fsp3) is 0.125. The second-order valence-electron chi connectivity index (χ2n) is 4.81. The Kier molecular flexibility index (Phi) is 3.78. The summed E-state index contributed by atoms with van der Waals surface area (Å²) in [6, 6.07) is 11.5. The van der Waals surface area contributed by atoms with Crippen LogP contribution in [0.5, 0.6) is 0 Å². The molecule has 0 fully saturated rings. The highest BCUT2D eigenvalue weighted by Crippen LogP contribution is 2.30. The van der Waals surface area contributed by atoms with Crippen LogP contribution < -0.4 is 5.32 Å². The number of hydrogen-bond acceptors (Lipinski definition) is 3. The van der Waals surface area contributed by atoms with E-state index in [1.807, 2.05) is 24.3 Å². The molecule has 2 aromatic carbocycles. The minimum Gasteiger partial charge on any atom is -0.298 e. The van der Waals surface area contributed by atoms with Gasteiger partial charge in [0.05, 0.1) is 15.8 Å². The third-order valence-corrected chi connectivity index (χ3v) is 5.05. The Morgan fingerprint density at radius 1 is 1.19 bits per heavy atom. The second kappa shape index (κ2) is 5.58. The van der Waals surface area contributed by atoms with E-state index in [1.54, 1.807) is 6.07 Å². The van der Waals surface area contributed by atoms with E-state index in [0.29, 0.717) is 10.7 Å². The zero-order valence-electron chi connectivity index (χ0n) is 11.6. The largest absolute Gasteiger partial charge is 0.298 e. The van der Waals surface area contributed by atoms with E-state index >= 15 is 0 Å². The standard InChI is InChI=1S/C16H13BrN2OS/c1-9-7-8-13-14(10(9)2)18-16(21-13)19-15(20)11-5-3-4-6-12(11)17/h3-8H,1-2H3,(H,18,19,20). The maximum Gasteiger partial charge on any atom is 0.258 e. The van der Waals surface area contributed by atoms with Crippen molar-refractivity contribution in [3.8, 4) is 0 Å². The number of fused-ring (bicyclic) bond motifs is 1. The van der Waals surface area contributed by atoms with E-state index < -0.39 is 0 Å². The molecule has 0 bridgehead atoms. The summed E-state index contributed by atoms with van der Waals surface area (Å²) in [5.74, 6) is -0.157. The molecule has 5 heteroatoms. The van der Waals surface area contributed by atoms with Crippen molar-refractivity contribution in [3.05, 3.63) is 57.6 Å². The summed E-state index contributed by atoms with van der Waals surface area (Å²) in [6.45, 7) is 4.12. The number of anilines is 1. The highest BCUT2D eigenvalue weighted by atomic mass is 79.9. The quantitative estimate of drug-likeness (QED) is 0.703. The number of hydrogen-bond donors (Lipinski definition) is 1. The van der Waals surface area contributed by atoms with E-state index in [9.17, 15) is 4.79 Å². The number of aryl methyl sites for hydroxylation is 2. The lowest BCUT2D eigenvalue weighted by atomic mass is 10.1. The topological polar surface area (TPSA) is 42.0 Å². The van der Waals surface area contributed by atoms with Gasteiger partial charge in [0.2, 0.25) is 0 Å². The zero-order chi connectivity index (χ0) is 15.0. The van der Waals surface area contributed by atoms with Crippen LogP contribution in [0.15, 0.2) is 40.9 Å². The lowest BCUT2D eigenvalue weighted by Gasteiger charge is -2.03. The lowest BCUT2D eigenvalue weighted by molar-refractivity contribution is 0.102. The van der Waals surface area contributed by atoms with Crippen molar-refractivity contribution >= 4 is 48.5 Å². The first-order valence-corrected chi connectivity index (χ1v) is 8.10. The van der Waals surface area contributed by atoms with Gasteiger partial charge in [0.15, 0.2) is 5.13 Å². The van der Waals surface area contributed by atoms with Crippen LogP contribution in [0.4, 0.5) is 5.13 Å². The van der Waals surface area contributed by atoms with Crippen molar-refractivity contribution in [2.24, 2.45) is 0 Å². The van der Waals surface area contributed by atoms with E-state index in [4.69, 9.17) is 0 Å². The number of thiazole rings is 1. The smallest absolute Gasteiger partial charge is 0.258 e. The van der Waals surface area contributed by atoms with Crippen molar-refractivity contribution in [1.82, 2.24) is 4.98 Å². The number of nitrogens with zero attached hydrogens (tertiary/aromatic N) is 1. The van der Waals surface area contributed by atoms with Crippen LogP contribution in [0.1, 0.15) is 21.5 Å². The van der Waals surface area contributed by atoms with Crippen molar-refractivity contribution in [1.29, 1.82) is 0 Å². The molecule has 3 rings (SSSR count). The van der Waals surface area contributed by atoms with Crippen LogP contribution in [-0.2, 0) is 0 Å². The first-order valence-electron chi connectivity index (χ1n) is 6.49. The molecular formula is C16H13BrN2OS. The van der Waals surface area contributed by atoms with Gasteiger partial charge in [-0.2, -0.15) is 0 Å². The van der Waals surface area contributed by atoms with Crippen LogP contribution in [-0.4, -0.2) is 10.9 Å². The van der Waals surface area contributed by atoms with Crippen molar-refractivity contribution in [3.63, 3.8) is 0 Å². The Morgan fingerprint density at radius 2 is 1.95 bits per heavy atom. The molecule has 0 atom stereocenters. The molecule has 0 radical (unpaired) electrons. The summed E-state index contributed by atoms with van der Waals surface area (Å²) in [5.41, 5.74) is 3.92. The molecule has 21 heavy (non-hydrogen) atoms. The number of carbonyl (C=O) groups excluding carboxylic acids is 1. The third-order valence-electron chi connectivity index (χ3n) is 3.42. The predicted molar refractivity (Wildman–Crippen MR) is 91.2 cm³/mol. The van der Waals surface area contributed by atoms with Gasteiger partial charge in [0.25, 0.3) is 5.91 Å². The summed E-state index contributed by atoms with van der Waals surface area (Å²) in [5, 5.41) is 3.50. The molecule has 0 saturated carbocycles. The van der Waals surface area contributed by atoms with E-state index in [1.165, 1.54) is 16.9 Å². The first-order chi connectivity index (χ1) is 10.1. The Bertz CT molecular complexity index is 841. The van der Waals surface area contributed by atoms with Crippen LogP contribution >= 0.6 is 27.3 Å². The molecule has 0 saturated heterocycles. The number of nitrogens with one attached hydrogen (secondary N) is 1. The number of amides is 1. The van der Waals surface area contributed by atoms with Gasteiger partial charge in [-0.3, -0.25) is 10.1 Å². The van der Waals surface area contributed by atoms with E-state index in [2.05, 4.69) is 46.1 Å². The molecule has 0 unspecified atom stereocenters. The number of halogens is 1. The Hall–Kier alpha value is -1.72. The molecule has 1 heterocycles. The van der Waals surface area contributed by atoms with Gasteiger partial charge in [-0.05, 0) is 59.1 Å². The summed E-state index contributed by atoms with van der Waals surface area (Å²) >= 11 is 4.88. The summed E-state index contributed by atoms with van der Waals surface area (Å²) < 4.78 is 1.86. The lowest BCUT2D eigenvalue weighted by Crippen LogP contribution is -2.12. The average molecular weight is 361 g/mol. The molecule has 106 valence electrons. The highest BCUT2D eigenvalue weighted by Gasteiger charge is 2.13. The number of carbonyl (C=O) groups is 1. The number of benzene rings is 2. The molecule has 3 nitrogen and oxygen atoms in total. The second-order valence-corrected chi connectivity index (χ2v) is 6.69. The molecule has 1 amide bonds. The Balaban J connectivity index is 1.94. The van der Waals surface area contributed by atoms with Crippen molar-refractivity contribution < 1.29 is 4.79 Å². The molecule has 0 spiro atoms. The number of aromatic nitrogens is 1. The molecule has 0 aliphatic rings. The van der Waals surface area contributed by atoms with E-state index in [-0.39, 0.29) is 5.91 Å². The summed E-state index contributed by atoms with van der Waals surface area (Å²) in [7, 11) is 0. The van der Waals surface area contributed by atoms with Crippen molar-refractivity contribution in [2.75, 3.05) is 5.32 Å². The monoisotopic (exact) mass is 360 g/mol. The first kappa shape index (κ1) is 14.2. The molecule has 0 aliphatic heterocycles. The van der Waals surface area contributed by atoms with Gasteiger partial charge < -0.3 is 0 Å². The van der Waals surface area contributed by atoms with Crippen molar-refractivity contribution in [2.45, 2.75) is 13.8 Å². The molecule has 1 N–H and O–H groups in total.